The van der Waals surface area contributed by atoms with Gasteiger partial charge in [0.15, 0.2) is 0 Å². The standard InChI is InChI=1S/C14H14N4O2/c1-8-16-12(15)7-14(17-8)20-10-3-4-11-9(6-10)2-5-13(19)18-11/h3-4,6-7H,2,5H2,1H3,(H,18,19)(H2,15,16,17). The number of hydrogen-bond acceptors (Lipinski definition) is 5. The molecular formula is C14H14N4O2. The molecule has 0 unspecified atom stereocenters. The molecule has 1 aromatic heterocycles. The Bertz CT molecular complexity index is 665. The lowest BCUT2D eigenvalue weighted by Crippen LogP contribution is -2.18. The van der Waals surface area contributed by atoms with Crippen molar-refractivity contribution in [2.24, 2.45) is 0 Å². The number of aryl methyl sites for hydroxylation is 2. The predicted molar refractivity (Wildman–Crippen MR) is 74.6 cm³/mol. The molecule has 3 rings (SSSR count). The van der Waals surface area contributed by atoms with Crippen molar-refractivity contribution in [2.75, 3.05) is 11.1 Å². The third-order valence-corrected chi connectivity index (χ3v) is 3.03. The number of ether oxygens (including phenoxy) is 1. The first-order valence-corrected chi connectivity index (χ1v) is 6.32. The molecule has 0 radical (unpaired) electrons. The van der Waals surface area contributed by atoms with Crippen molar-refractivity contribution in [3.63, 3.8) is 0 Å². The van der Waals surface area contributed by atoms with E-state index in [1.54, 1.807) is 19.1 Å². The summed E-state index contributed by atoms with van der Waals surface area (Å²) in [5, 5.41) is 2.83. The summed E-state index contributed by atoms with van der Waals surface area (Å²) < 4.78 is 5.69. The minimum absolute atomic E-state index is 0.0466. The van der Waals surface area contributed by atoms with Gasteiger partial charge >= 0.3 is 0 Å². The van der Waals surface area contributed by atoms with Crippen LogP contribution in [0, 0.1) is 6.92 Å². The van der Waals surface area contributed by atoms with Crippen LogP contribution in [0.4, 0.5) is 11.5 Å². The molecule has 0 saturated carbocycles. The number of anilines is 2. The third-order valence-electron chi connectivity index (χ3n) is 3.03. The maximum Gasteiger partial charge on any atom is 0.224 e. The van der Waals surface area contributed by atoms with E-state index in [9.17, 15) is 4.79 Å². The summed E-state index contributed by atoms with van der Waals surface area (Å²) >= 11 is 0. The molecule has 20 heavy (non-hydrogen) atoms. The summed E-state index contributed by atoms with van der Waals surface area (Å²) in [4.78, 5) is 19.5. The van der Waals surface area contributed by atoms with Crippen LogP contribution in [0.25, 0.3) is 0 Å². The number of fused-ring (bicyclic) bond motifs is 1. The summed E-state index contributed by atoms with van der Waals surface area (Å²) in [5.41, 5.74) is 7.56. The van der Waals surface area contributed by atoms with Gasteiger partial charge in [-0.1, -0.05) is 0 Å². The first-order valence-electron chi connectivity index (χ1n) is 6.32. The first-order chi connectivity index (χ1) is 9.60. The molecule has 0 atom stereocenters. The maximum absolute atomic E-state index is 11.3. The van der Waals surface area contributed by atoms with Crippen LogP contribution in [0.15, 0.2) is 24.3 Å². The molecule has 1 amide bonds. The van der Waals surface area contributed by atoms with Crippen LogP contribution >= 0.6 is 0 Å². The Balaban J connectivity index is 1.86. The van der Waals surface area contributed by atoms with E-state index in [1.165, 1.54) is 0 Å². The molecule has 0 fully saturated rings. The summed E-state index contributed by atoms with van der Waals surface area (Å²) in [6.07, 6.45) is 1.21. The average molecular weight is 270 g/mol. The molecule has 0 bridgehead atoms. The molecule has 0 saturated heterocycles. The van der Waals surface area contributed by atoms with E-state index in [0.29, 0.717) is 36.1 Å². The Labute approximate surface area is 116 Å². The number of aromatic nitrogens is 2. The lowest BCUT2D eigenvalue weighted by Gasteiger charge is -2.17. The Kier molecular flexibility index (Phi) is 2.98. The van der Waals surface area contributed by atoms with Gasteiger partial charge in [-0.05, 0) is 37.1 Å². The second-order valence-corrected chi connectivity index (χ2v) is 4.65. The fourth-order valence-corrected chi connectivity index (χ4v) is 2.16. The number of nitrogens with one attached hydrogen (secondary N) is 1. The lowest BCUT2D eigenvalue weighted by atomic mass is 10.0. The van der Waals surface area contributed by atoms with Crippen molar-refractivity contribution in [1.29, 1.82) is 0 Å². The van der Waals surface area contributed by atoms with E-state index in [0.717, 1.165) is 11.3 Å². The molecule has 3 N–H and O–H groups in total. The highest BCUT2D eigenvalue weighted by molar-refractivity contribution is 5.94. The molecule has 102 valence electrons. The third kappa shape index (κ3) is 2.54. The number of rotatable bonds is 2. The minimum atomic E-state index is 0.0466. The number of nitrogens with two attached hydrogens (primary N) is 1. The van der Waals surface area contributed by atoms with Gasteiger partial charge in [-0.3, -0.25) is 4.79 Å². The highest BCUT2D eigenvalue weighted by Gasteiger charge is 2.15. The minimum Gasteiger partial charge on any atom is -0.439 e. The van der Waals surface area contributed by atoms with Gasteiger partial charge in [-0.2, -0.15) is 4.98 Å². The molecule has 6 nitrogen and oxygen atoms in total. The zero-order valence-corrected chi connectivity index (χ0v) is 11.0. The number of benzene rings is 1. The fraction of sp³-hybridized carbons (Fsp3) is 0.214. The highest BCUT2D eigenvalue weighted by Crippen LogP contribution is 2.29. The van der Waals surface area contributed by atoms with Crippen molar-refractivity contribution in [2.45, 2.75) is 19.8 Å². The van der Waals surface area contributed by atoms with Crippen LogP contribution in [-0.2, 0) is 11.2 Å². The Morgan fingerprint density at radius 3 is 2.90 bits per heavy atom. The van der Waals surface area contributed by atoms with Gasteiger partial charge in [0, 0.05) is 18.2 Å². The van der Waals surface area contributed by atoms with Crippen molar-refractivity contribution in [3.05, 3.63) is 35.7 Å². The monoisotopic (exact) mass is 270 g/mol. The van der Waals surface area contributed by atoms with Gasteiger partial charge in [0.1, 0.15) is 17.4 Å². The SMILES string of the molecule is Cc1nc(N)cc(Oc2ccc3c(c2)CCC(=O)N3)n1. The number of carbonyl (C=O) groups is 1. The average Bonchev–Trinajstić information content (AvgIpc) is 2.38. The van der Waals surface area contributed by atoms with Gasteiger partial charge in [0.25, 0.3) is 0 Å². The van der Waals surface area contributed by atoms with E-state index >= 15 is 0 Å². The van der Waals surface area contributed by atoms with Crippen LogP contribution < -0.4 is 15.8 Å². The van der Waals surface area contributed by atoms with Gasteiger partial charge < -0.3 is 15.8 Å². The van der Waals surface area contributed by atoms with Crippen LogP contribution in [0.3, 0.4) is 0 Å². The van der Waals surface area contributed by atoms with Gasteiger partial charge in [0.05, 0.1) is 0 Å². The molecule has 2 aromatic rings. The Hall–Kier alpha value is -2.63. The van der Waals surface area contributed by atoms with Crippen molar-refractivity contribution < 1.29 is 9.53 Å². The van der Waals surface area contributed by atoms with E-state index in [-0.39, 0.29) is 5.91 Å². The van der Waals surface area contributed by atoms with Crippen LogP contribution in [0.1, 0.15) is 17.8 Å². The zero-order valence-electron chi connectivity index (χ0n) is 11.0. The summed E-state index contributed by atoms with van der Waals surface area (Å²) in [6.45, 7) is 1.76. The Morgan fingerprint density at radius 1 is 1.25 bits per heavy atom. The number of amides is 1. The van der Waals surface area contributed by atoms with E-state index < -0.39 is 0 Å². The van der Waals surface area contributed by atoms with Crippen molar-refractivity contribution in [1.82, 2.24) is 9.97 Å². The molecule has 1 aromatic carbocycles. The van der Waals surface area contributed by atoms with E-state index in [1.807, 2.05) is 12.1 Å². The molecule has 6 heteroatoms. The van der Waals surface area contributed by atoms with Crippen molar-refractivity contribution >= 4 is 17.4 Å². The summed E-state index contributed by atoms with van der Waals surface area (Å²) in [6, 6.07) is 7.10. The number of carbonyl (C=O) groups excluding carboxylic acids is 1. The lowest BCUT2D eigenvalue weighted by molar-refractivity contribution is -0.116. The molecule has 0 spiro atoms. The smallest absolute Gasteiger partial charge is 0.224 e. The molecule has 0 aliphatic carbocycles. The topological polar surface area (TPSA) is 90.1 Å². The van der Waals surface area contributed by atoms with E-state index in [4.69, 9.17) is 10.5 Å². The molecule has 1 aliphatic heterocycles. The Morgan fingerprint density at radius 2 is 2.10 bits per heavy atom. The maximum atomic E-state index is 11.3. The normalized spacial score (nSPS) is 13.6. The summed E-state index contributed by atoms with van der Waals surface area (Å²) in [5.74, 6) is 2.06. The number of hydrogen-bond donors (Lipinski definition) is 2. The quantitative estimate of drug-likeness (QED) is 0.871. The fourth-order valence-electron chi connectivity index (χ4n) is 2.16. The molecule has 1 aliphatic rings. The van der Waals surface area contributed by atoms with Crippen LogP contribution in [0.2, 0.25) is 0 Å². The second-order valence-electron chi connectivity index (χ2n) is 4.65. The van der Waals surface area contributed by atoms with Crippen molar-refractivity contribution in [3.8, 4) is 11.6 Å². The summed E-state index contributed by atoms with van der Waals surface area (Å²) in [7, 11) is 0. The van der Waals surface area contributed by atoms with Gasteiger partial charge in [0.2, 0.25) is 11.8 Å². The molecule has 2 heterocycles. The van der Waals surface area contributed by atoms with Crippen LogP contribution in [-0.4, -0.2) is 15.9 Å². The highest BCUT2D eigenvalue weighted by atomic mass is 16.5. The molecular weight excluding hydrogens is 256 g/mol. The largest absolute Gasteiger partial charge is 0.439 e. The number of nitrogens with zero attached hydrogens (tertiary/aromatic N) is 2. The predicted octanol–water partition coefficient (Wildman–Crippen LogP) is 2.04. The second kappa shape index (κ2) is 4.80. The van der Waals surface area contributed by atoms with Gasteiger partial charge in [-0.15, -0.1) is 0 Å². The van der Waals surface area contributed by atoms with E-state index in [2.05, 4.69) is 15.3 Å². The zero-order chi connectivity index (χ0) is 14.1. The van der Waals surface area contributed by atoms with Gasteiger partial charge in [-0.25, -0.2) is 4.98 Å². The number of nitrogen functional groups attached to an aromatic ring is 1. The first kappa shape index (κ1) is 12.4. The van der Waals surface area contributed by atoms with Crippen LogP contribution in [0.5, 0.6) is 11.6 Å².